The van der Waals surface area contributed by atoms with Crippen LogP contribution in [0.3, 0.4) is 0 Å². The number of rotatable bonds is 9. The fourth-order valence-electron chi connectivity index (χ4n) is 3.00. The largest absolute Gasteiger partial charge is 0.332 e. The zero-order valence-corrected chi connectivity index (χ0v) is 16.6. The first-order chi connectivity index (χ1) is 12.4. The molecule has 0 aliphatic carbocycles. The molecule has 0 aromatic heterocycles. The van der Waals surface area contributed by atoms with E-state index in [1.165, 1.54) is 7.11 Å². The minimum atomic E-state index is -2.95. The van der Waals surface area contributed by atoms with Crippen molar-refractivity contribution in [1.82, 2.24) is 0 Å². The highest BCUT2D eigenvalue weighted by Gasteiger charge is 2.31. The second-order valence-corrected chi connectivity index (χ2v) is 9.68. The molecule has 0 fully saturated rings. The Labute approximate surface area is 156 Å². The molecule has 4 nitrogen and oxygen atoms in total. The van der Waals surface area contributed by atoms with Gasteiger partial charge in [0.25, 0.3) is 0 Å². The molecule has 0 heterocycles. The number of anilines is 1. The van der Waals surface area contributed by atoms with E-state index in [0.29, 0.717) is 18.5 Å². The Hall–Kier alpha value is -1.90. The molecule has 0 bridgehead atoms. The smallest absolute Gasteiger partial charge is 0.228 e. The summed E-state index contributed by atoms with van der Waals surface area (Å²) in [5.74, 6) is -0.136. The maximum Gasteiger partial charge on any atom is 0.228 e. The summed E-state index contributed by atoms with van der Waals surface area (Å²) in [6.07, 6.45) is 1.26. The van der Waals surface area contributed by atoms with Gasteiger partial charge < -0.3 is 9.84 Å². The van der Waals surface area contributed by atoms with Gasteiger partial charge in [-0.3, -0.25) is 9.36 Å². The van der Waals surface area contributed by atoms with E-state index in [0.717, 1.165) is 11.3 Å². The Morgan fingerprint density at radius 3 is 2.15 bits per heavy atom. The first kappa shape index (κ1) is 20.4. The van der Waals surface area contributed by atoms with Gasteiger partial charge >= 0.3 is 0 Å². The lowest BCUT2D eigenvalue weighted by molar-refractivity contribution is -0.119. The molecule has 2 aromatic carbocycles. The van der Waals surface area contributed by atoms with Crippen LogP contribution in [0.15, 0.2) is 60.7 Å². The molecule has 2 aromatic rings. The van der Waals surface area contributed by atoms with Crippen molar-refractivity contribution in [2.45, 2.75) is 26.4 Å². The third kappa shape index (κ3) is 6.44. The lowest BCUT2D eigenvalue weighted by Gasteiger charge is -2.24. The Kier molecular flexibility index (Phi) is 7.62. The molecular formula is C21H28NO3P. The highest BCUT2D eigenvalue weighted by Crippen LogP contribution is 2.51. The van der Waals surface area contributed by atoms with Gasteiger partial charge in [0.05, 0.1) is 0 Å². The van der Waals surface area contributed by atoms with Crippen LogP contribution in [0.1, 0.15) is 25.8 Å². The Morgan fingerprint density at radius 1 is 1.04 bits per heavy atom. The van der Waals surface area contributed by atoms with Crippen molar-refractivity contribution in [1.29, 1.82) is 0 Å². The van der Waals surface area contributed by atoms with Crippen LogP contribution in [0.4, 0.5) is 5.69 Å². The van der Waals surface area contributed by atoms with E-state index >= 15 is 0 Å². The van der Waals surface area contributed by atoms with Gasteiger partial charge in [-0.15, -0.1) is 0 Å². The number of nitrogens with one attached hydrogen (secondary N) is 1. The minimum Gasteiger partial charge on any atom is -0.332 e. The third-order valence-corrected chi connectivity index (χ3v) is 6.78. The summed E-state index contributed by atoms with van der Waals surface area (Å²) < 4.78 is 18.7. The van der Waals surface area contributed by atoms with Crippen molar-refractivity contribution in [2.24, 2.45) is 11.8 Å². The van der Waals surface area contributed by atoms with Gasteiger partial charge in [-0.05, 0) is 30.0 Å². The van der Waals surface area contributed by atoms with E-state index in [1.807, 2.05) is 60.7 Å². The van der Waals surface area contributed by atoms with Gasteiger partial charge in [0.15, 0.2) is 0 Å². The van der Waals surface area contributed by atoms with Crippen molar-refractivity contribution in [3.05, 3.63) is 66.2 Å². The topological polar surface area (TPSA) is 55.4 Å². The third-order valence-electron chi connectivity index (χ3n) is 4.27. The molecule has 1 amide bonds. The highest BCUT2D eigenvalue weighted by molar-refractivity contribution is 7.58. The first-order valence-electron chi connectivity index (χ1n) is 8.95. The van der Waals surface area contributed by atoms with Crippen LogP contribution in [-0.4, -0.2) is 19.2 Å². The van der Waals surface area contributed by atoms with E-state index in [4.69, 9.17) is 4.52 Å². The molecule has 0 spiro atoms. The molecule has 2 atom stereocenters. The molecular weight excluding hydrogens is 345 g/mol. The normalized spacial score (nSPS) is 14.6. The summed E-state index contributed by atoms with van der Waals surface area (Å²) in [7, 11) is -1.48. The number of carbonyl (C=O) groups excluding carboxylic acids is 1. The van der Waals surface area contributed by atoms with E-state index in [-0.39, 0.29) is 18.0 Å². The van der Waals surface area contributed by atoms with Gasteiger partial charge in [0, 0.05) is 31.0 Å². The number of para-hydroxylation sites is 1. The van der Waals surface area contributed by atoms with Crippen LogP contribution in [0, 0.1) is 11.8 Å². The molecule has 1 N–H and O–H groups in total. The van der Waals surface area contributed by atoms with Crippen LogP contribution in [0.5, 0.6) is 0 Å². The number of hydrogen-bond acceptors (Lipinski definition) is 3. The summed E-state index contributed by atoms with van der Waals surface area (Å²) in [5, 5.41) is 2.94. The van der Waals surface area contributed by atoms with Gasteiger partial charge in [-0.2, -0.15) is 0 Å². The Bertz CT molecular complexity index is 731. The zero-order valence-electron chi connectivity index (χ0n) is 15.7. The van der Waals surface area contributed by atoms with Crippen LogP contribution < -0.4 is 5.32 Å². The van der Waals surface area contributed by atoms with Gasteiger partial charge in [-0.1, -0.05) is 62.4 Å². The summed E-state index contributed by atoms with van der Waals surface area (Å²) in [6.45, 7) is 4.13. The van der Waals surface area contributed by atoms with Crippen molar-refractivity contribution >= 4 is 19.0 Å². The zero-order chi connectivity index (χ0) is 19.0. The summed E-state index contributed by atoms with van der Waals surface area (Å²) in [4.78, 5) is 12.8. The van der Waals surface area contributed by atoms with E-state index in [9.17, 15) is 9.36 Å². The summed E-state index contributed by atoms with van der Waals surface area (Å²) in [6, 6.07) is 19.0. The van der Waals surface area contributed by atoms with Gasteiger partial charge in [0.2, 0.25) is 13.3 Å². The van der Waals surface area contributed by atoms with Gasteiger partial charge in [0.1, 0.15) is 0 Å². The fourth-order valence-corrected chi connectivity index (χ4v) is 5.16. The monoisotopic (exact) mass is 373 g/mol. The second kappa shape index (κ2) is 9.70. The van der Waals surface area contributed by atoms with Crippen LogP contribution in [-0.2, 0) is 20.0 Å². The van der Waals surface area contributed by atoms with E-state index in [1.54, 1.807) is 0 Å². The maximum atomic E-state index is 13.3. The Morgan fingerprint density at radius 2 is 1.62 bits per heavy atom. The fraction of sp³-hybridized carbons (Fsp3) is 0.381. The van der Waals surface area contributed by atoms with Crippen molar-refractivity contribution in [3.63, 3.8) is 0 Å². The molecule has 140 valence electrons. The molecule has 0 aliphatic heterocycles. The second-order valence-electron chi connectivity index (χ2n) is 7.01. The summed E-state index contributed by atoms with van der Waals surface area (Å²) >= 11 is 0. The summed E-state index contributed by atoms with van der Waals surface area (Å²) in [5.41, 5.74) is 1.71. The van der Waals surface area contributed by atoms with E-state index in [2.05, 4.69) is 19.2 Å². The lowest BCUT2D eigenvalue weighted by atomic mass is 9.98. The van der Waals surface area contributed by atoms with Crippen LogP contribution in [0.2, 0.25) is 0 Å². The van der Waals surface area contributed by atoms with Crippen molar-refractivity contribution in [3.8, 4) is 0 Å². The van der Waals surface area contributed by atoms with Crippen LogP contribution in [0.25, 0.3) is 0 Å². The quantitative estimate of drug-likeness (QED) is 0.598. The predicted molar refractivity (Wildman–Crippen MR) is 108 cm³/mol. The van der Waals surface area contributed by atoms with Crippen molar-refractivity contribution in [2.75, 3.05) is 18.6 Å². The van der Waals surface area contributed by atoms with Gasteiger partial charge in [-0.25, -0.2) is 0 Å². The lowest BCUT2D eigenvalue weighted by Crippen LogP contribution is -2.27. The molecule has 2 unspecified atom stereocenters. The minimum absolute atomic E-state index is 0.102. The SMILES string of the molecule is COP(=O)(Cc1ccccc1)CC(CC(C)C)C(=O)Nc1ccccc1. The standard InChI is InChI=1S/C21H28NO3P/c1-17(2)14-19(21(23)22-20-12-8-5-9-13-20)16-26(24,25-3)15-18-10-6-4-7-11-18/h4-13,17,19H,14-16H2,1-3H3,(H,22,23). The number of amides is 1. The first-order valence-corrected chi connectivity index (χ1v) is 10.9. The Balaban J connectivity index is 2.14. The average Bonchev–Trinajstić information content (AvgIpc) is 2.62. The number of hydrogen-bond donors (Lipinski definition) is 1. The molecule has 0 saturated heterocycles. The molecule has 2 rings (SSSR count). The molecule has 0 saturated carbocycles. The molecule has 0 aliphatic rings. The predicted octanol–water partition coefficient (Wildman–Crippen LogP) is 5.41. The number of carbonyl (C=O) groups is 1. The van der Waals surface area contributed by atoms with E-state index < -0.39 is 7.37 Å². The highest BCUT2D eigenvalue weighted by atomic mass is 31.2. The molecule has 0 radical (unpaired) electrons. The molecule has 26 heavy (non-hydrogen) atoms. The number of benzene rings is 2. The maximum absolute atomic E-state index is 13.3. The van der Waals surface area contributed by atoms with Crippen molar-refractivity contribution < 1.29 is 13.9 Å². The molecule has 5 heteroatoms. The van der Waals surface area contributed by atoms with Crippen LogP contribution >= 0.6 is 7.37 Å². The average molecular weight is 373 g/mol.